The number of halogens is 2. The molecule has 2 aromatic rings. The predicted molar refractivity (Wildman–Crippen MR) is 259 cm³/mol. The summed E-state index contributed by atoms with van der Waals surface area (Å²) in [5, 5.41) is 8.57. The van der Waals surface area contributed by atoms with Crippen molar-refractivity contribution in [3.8, 4) is 0 Å². The maximum absolute atomic E-state index is 14.4. The lowest BCUT2D eigenvalue weighted by molar-refractivity contribution is -0.148. The number of carbonyl (C=O) groups excluding carboxylic acids is 5. The molecule has 15 nitrogen and oxygen atoms in total. The van der Waals surface area contributed by atoms with Gasteiger partial charge in [-0.2, -0.15) is 0 Å². The standard InChI is InChI=1S/C46H76N8O7S.2ClH/c1-14-30(6)40(53(11)46(59)38(28(2)3)50-43(57)39(29(4)5)51(8)9)36(60-12)26-37(55)54-23-18-21-35(54)41(61-13)31(7)42(56)48-33(25-32-19-16-15-17-20-32)44-49-34(27-62-44)45(58)52(10)24-22-47;;/h15-17,19-20,27-31,33,35-36,38-41H,14,18,21-26,47H2,1-13H3,(H,48,56)(H,50,57);2*1H/t30-,31+,33-,35-,36+,38-,39-,40-,41+;;/m0../s1. The van der Waals surface area contributed by atoms with Gasteiger partial charge in [-0.15, -0.1) is 36.2 Å². The Morgan fingerprint density at radius 2 is 1.56 bits per heavy atom. The van der Waals surface area contributed by atoms with Gasteiger partial charge in [0.2, 0.25) is 23.6 Å². The van der Waals surface area contributed by atoms with E-state index in [9.17, 15) is 24.0 Å². The molecule has 5 amide bonds. The number of rotatable bonds is 24. The van der Waals surface area contributed by atoms with E-state index >= 15 is 0 Å². The number of hydrogen-bond donors (Lipinski definition) is 3. The fourth-order valence-corrected chi connectivity index (χ4v) is 9.64. The maximum Gasteiger partial charge on any atom is 0.273 e. The van der Waals surface area contributed by atoms with E-state index in [1.165, 1.54) is 16.2 Å². The highest BCUT2D eigenvalue weighted by Crippen LogP contribution is 2.31. The van der Waals surface area contributed by atoms with Gasteiger partial charge in [-0.25, -0.2) is 4.98 Å². The molecule has 364 valence electrons. The van der Waals surface area contributed by atoms with E-state index in [0.717, 1.165) is 18.4 Å². The largest absolute Gasteiger partial charge is 0.379 e. The minimum absolute atomic E-state index is 0. The molecular weight excluding hydrogens is 880 g/mol. The van der Waals surface area contributed by atoms with Crippen molar-refractivity contribution in [3.05, 3.63) is 52.0 Å². The third kappa shape index (κ3) is 15.3. The molecule has 0 unspecified atom stereocenters. The monoisotopic (exact) mass is 957 g/mol. The summed E-state index contributed by atoms with van der Waals surface area (Å²) in [7, 11) is 10.3. The lowest BCUT2D eigenvalue weighted by Gasteiger charge is -2.41. The quantitative estimate of drug-likeness (QED) is 0.129. The summed E-state index contributed by atoms with van der Waals surface area (Å²) in [5.74, 6) is -1.95. The number of aromatic nitrogens is 1. The van der Waals surface area contributed by atoms with E-state index in [0.29, 0.717) is 43.2 Å². The Labute approximate surface area is 399 Å². The topological polar surface area (TPSA) is 180 Å². The van der Waals surface area contributed by atoms with Crippen LogP contribution in [0.25, 0.3) is 0 Å². The smallest absolute Gasteiger partial charge is 0.273 e. The Balaban J connectivity index is 0.0000102. The molecule has 0 bridgehead atoms. The molecule has 1 fully saturated rings. The Kier molecular flexibility index (Phi) is 25.6. The number of methoxy groups -OCH3 is 2. The third-order valence-electron chi connectivity index (χ3n) is 12.4. The summed E-state index contributed by atoms with van der Waals surface area (Å²) in [5.41, 5.74) is 6.97. The van der Waals surface area contributed by atoms with E-state index in [1.54, 1.807) is 38.6 Å². The van der Waals surface area contributed by atoms with Crippen LogP contribution in [0.4, 0.5) is 0 Å². The molecule has 0 radical (unpaired) electrons. The number of thiazole rings is 1. The third-order valence-corrected chi connectivity index (χ3v) is 13.4. The van der Waals surface area contributed by atoms with Crippen molar-refractivity contribution in [1.82, 2.24) is 35.2 Å². The van der Waals surface area contributed by atoms with Crippen molar-refractivity contribution in [2.24, 2.45) is 29.4 Å². The number of ether oxygens (including phenoxy) is 2. The molecule has 1 saturated heterocycles. The van der Waals surface area contributed by atoms with Crippen molar-refractivity contribution in [2.75, 3.05) is 62.0 Å². The summed E-state index contributed by atoms with van der Waals surface area (Å²) in [6.45, 7) is 14.9. The number of amides is 5. The van der Waals surface area contributed by atoms with Crippen molar-refractivity contribution in [3.63, 3.8) is 0 Å². The normalized spacial score (nSPS) is 17.6. The van der Waals surface area contributed by atoms with Gasteiger partial charge < -0.3 is 40.5 Å². The first-order valence-electron chi connectivity index (χ1n) is 22.2. The minimum atomic E-state index is -0.776. The summed E-state index contributed by atoms with van der Waals surface area (Å²) in [6, 6.07) is 7.22. The number of benzene rings is 1. The van der Waals surface area contributed by atoms with E-state index in [-0.39, 0.29) is 84.6 Å². The number of hydrogen-bond acceptors (Lipinski definition) is 11. The zero-order valence-electron chi connectivity index (χ0n) is 40.4. The zero-order chi connectivity index (χ0) is 46.4. The molecule has 0 aliphatic carbocycles. The summed E-state index contributed by atoms with van der Waals surface area (Å²) >= 11 is 1.32. The number of likely N-dealkylation sites (N-methyl/N-ethyl adjacent to an activating group) is 3. The summed E-state index contributed by atoms with van der Waals surface area (Å²) in [4.78, 5) is 81.1. The van der Waals surface area contributed by atoms with Crippen LogP contribution in [0.2, 0.25) is 0 Å². The second-order valence-corrected chi connectivity index (χ2v) is 18.7. The second kappa shape index (κ2) is 27.9. The lowest BCUT2D eigenvalue weighted by Crippen LogP contribution is -2.59. The van der Waals surface area contributed by atoms with Crippen LogP contribution in [0.5, 0.6) is 0 Å². The van der Waals surface area contributed by atoms with Gasteiger partial charge >= 0.3 is 0 Å². The highest BCUT2D eigenvalue weighted by atomic mass is 35.5. The van der Waals surface area contributed by atoms with Gasteiger partial charge in [-0.05, 0) is 56.7 Å². The molecule has 1 aliphatic heterocycles. The van der Waals surface area contributed by atoms with Gasteiger partial charge in [0, 0.05) is 53.3 Å². The van der Waals surface area contributed by atoms with Crippen LogP contribution >= 0.6 is 36.2 Å². The van der Waals surface area contributed by atoms with Gasteiger partial charge in [0.25, 0.3) is 5.91 Å². The van der Waals surface area contributed by atoms with Crippen LogP contribution in [-0.2, 0) is 35.1 Å². The van der Waals surface area contributed by atoms with Crippen LogP contribution in [0.15, 0.2) is 35.7 Å². The first-order chi connectivity index (χ1) is 29.3. The average molecular weight is 958 g/mol. The fraction of sp³-hybridized carbons (Fsp3) is 0.696. The molecule has 4 N–H and O–H groups in total. The van der Waals surface area contributed by atoms with Crippen LogP contribution in [-0.4, -0.2) is 153 Å². The molecule has 1 aliphatic rings. The van der Waals surface area contributed by atoms with Gasteiger partial charge in [0.15, 0.2) is 0 Å². The summed E-state index contributed by atoms with van der Waals surface area (Å²) < 4.78 is 12.1. The number of likely N-dealkylation sites (tertiary alicyclic amines) is 1. The molecule has 0 spiro atoms. The van der Waals surface area contributed by atoms with Crippen molar-refractivity contribution >= 4 is 65.7 Å². The van der Waals surface area contributed by atoms with Crippen molar-refractivity contribution in [2.45, 2.75) is 123 Å². The molecule has 0 saturated carbocycles. The Bertz CT molecular complexity index is 1750. The first-order valence-corrected chi connectivity index (χ1v) is 23.0. The van der Waals surface area contributed by atoms with E-state index in [2.05, 4.69) is 15.6 Å². The van der Waals surface area contributed by atoms with E-state index in [1.807, 2.05) is 103 Å². The van der Waals surface area contributed by atoms with Gasteiger partial charge in [0.1, 0.15) is 16.7 Å². The molecule has 18 heteroatoms. The van der Waals surface area contributed by atoms with Crippen molar-refractivity contribution in [1.29, 1.82) is 0 Å². The molecule has 9 atom stereocenters. The highest BCUT2D eigenvalue weighted by molar-refractivity contribution is 7.09. The number of nitrogens with one attached hydrogen (secondary N) is 2. The Morgan fingerprint density at radius 1 is 0.922 bits per heavy atom. The Hall–Kier alpha value is -3.38. The fourth-order valence-electron chi connectivity index (χ4n) is 8.80. The first kappa shape index (κ1) is 58.6. The van der Waals surface area contributed by atoms with Gasteiger partial charge in [-0.3, -0.25) is 28.9 Å². The molecule has 64 heavy (non-hydrogen) atoms. The maximum atomic E-state index is 14.4. The van der Waals surface area contributed by atoms with Gasteiger partial charge in [0.05, 0.1) is 48.7 Å². The Morgan fingerprint density at radius 3 is 2.09 bits per heavy atom. The second-order valence-electron chi connectivity index (χ2n) is 17.8. The molecule has 1 aromatic heterocycles. The van der Waals surface area contributed by atoms with E-state index < -0.39 is 42.3 Å². The molecule has 1 aromatic carbocycles. The number of carbonyl (C=O) groups is 5. The molecule has 2 heterocycles. The summed E-state index contributed by atoms with van der Waals surface area (Å²) in [6.07, 6.45) is 1.30. The lowest BCUT2D eigenvalue weighted by atomic mass is 9.89. The van der Waals surface area contributed by atoms with Crippen molar-refractivity contribution < 1.29 is 33.4 Å². The number of nitrogens with two attached hydrogens (primary N) is 1. The van der Waals surface area contributed by atoms with Gasteiger partial charge in [-0.1, -0.05) is 85.2 Å². The average Bonchev–Trinajstić information content (AvgIpc) is 3.93. The number of nitrogens with zero attached hydrogens (tertiary/aromatic N) is 5. The highest BCUT2D eigenvalue weighted by Gasteiger charge is 2.43. The van der Waals surface area contributed by atoms with E-state index in [4.69, 9.17) is 15.2 Å². The zero-order valence-corrected chi connectivity index (χ0v) is 42.8. The molecular formula is C46H78Cl2N8O7S. The van der Waals surface area contributed by atoms with Crippen LogP contribution in [0.1, 0.15) is 101 Å². The predicted octanol–water partition coefficient (Wildman–Crippen LogP) is 5.06. The van der Waals surface area contributed by atoms with Crippen LogP contribution in [0, 0.1) is 23.7 Å². The van der Waals surface area contributed by atoms with Crippen LogP contribution in [0.3, 0.4) is 0 Å². The minimum Gasteiger partial charge on any atom is -0.379 e. The van der Waals surface area contributed by atoms with Crippen LogP contribution < -0.4 is 16.4 Å². The SMILES string of the molecule is CC[C@H](C)[C@@H]([C@@H](CC(=O)N1CCC[C@H]1[C@H](OC)[C@@H](C)C(=O)N[C@@H](Cc1ccccc1)c1nc(C(=O)N(C)CCN)cs1)OC)N(C)C(=O)[C@@H](NC(=O)[C@H](C(C)C)N(C)C)C(C)C.Cl.Cl. The molecule has 3 rings (SSSR count).